The number of carbonyl (C=O) groups is 1. The molecule has 0 atom stereocenters. The lowest BCUT2D eigenvalue weighted by molar-refractivity contribution is -0.119. The lowest BCUT2D eigenvalue weighted by Gasteiger charge is -2.06. The molecule has 2 aromatic carbocycles. The third-order valence-electron chi connectivity index (χ3n) is 3.85. The van der Waals surface area contributed by atoms with Crippen molar-refractivity contribution >= 4 is 43.2 Å². The molecule has 2 N–H and O–H groups in total. The maximum atomic E-state index is 12.4. The SMILES string of the molecule is O=C(CNS(=O)(=O)c1csc(-c2ccc(Br)cc2)n1)NCCc1ccccc1. The Bertz CT molecular complexity index is 1040. The van der Waals surface area contributed by atoms with Crippen molar-refractivity contribution in [2.75, 3.05) is 13.1 Å². The van der Waals surface area contributed by atoms with Gasteiger partial charge in [0.1, 0.15) is 5.01 Å². The maximum Gasteiger partial charge on any atom is 0.259 e. The highest BCUT2D eigenvalue weighted by atomic mass is 79.9. The molecular formula is C19H18BrN3O3S2. The Balaban J connectivity index is 1.52. The molecule has 0 bridgehead atoms. The molecule has 28 heavy (non-hydrogen) atoms. The standard InChI is InChI=1S/C19H18BrN3O3S2/c20-16-8-6-15(7-9-16)19-23-18(13-27-19)28(25,26)22-12-17(24)21-11-10-14-4-2-1-3-5-14/h1-9,13,22H,10-12H2,(H,21,24). The number of hydrogen-bond acceptors (Lipinski definition) is 5. The van der Waals surface area contributed by atoms with Crippen LogP contribution >= 0.6 is 27.3 Å². The summed E-state index contributed by atoms with van der Waals surface area (Å²) in [5.41, 5.74) is 1.93. The van der Waals surface area contributed by atoms with Crippen LogP contribution < -0.4 is 10.0 Å². The number of hydrogen-bond donors (Lipinski definition) is 2. The molecule has 0 aliphatic carbocycles. The quantitative estimate of drug-likeness (QED) is 0.519. The van der Waals surface area contributed by atoms with E-state index in [1.165, 1.54) is 16.7 Å². The van der Waals surface area contributed by atoms with Crippen molar-refractivity contribution in [1.29, 1.82) is 0 Å². The largest absolute Gasteiger partial charge is 0.355 e. The van der Waals surface area contributed by atoms with Crippen LogP contribution in [-0.2, 0) is 21.2 Å². The molecule has 146 valence electrons. The molecule has 9 heteroatoms. The second kappa shape index (κ2) is 9.42. The van der Waals surface area contributed by atoms with Crippen molar-refractivity contribution in [1.82, 2.24) is 15.0 Å². The molecular weight excluding hydrogens is 462 g/mol. The van der Waals surface area contributed by atoms with Gasteiger partial charge in [-0.25, -0.2) is 18.1 Å². The van der Waals surface area contributed by atoms with Crippen molar-refractivity contribution in [2.45, 2.75) is 11.4 Å². The monoisotopic (exact) mass is 479 g/mol. The first kappa shape index (κ1) is 20.7. The minimum absolute atomic E-state index is 0.0903. The van der Waals surface area contributed by atoms with Crippen molar-refractivity contribution in [2.24, 2.45) is 0 Å². The van der Waals surface area contributed by atoms with E-state index in [4.69, 9.17) is 0 Å². The minimum Gasteiger partial charge on any atom is -0.355 e. The van der Waals surface area contributed by atoms with Crippen LogP contribution in [0.1, 0.15) is 5.56 Å². The summed E-state index contributed by atoms with van der Waals surface area (Å²) >= 11 is 4.59. The zero-order chi connectivity index (χ0) is 20.0. The van der Waals surface area contributed by atoms with E-state index in [2.05, 4.69) is 31.0 Å². The summed E-state index contributed by atoms with van der Waals surface area (Å²) in [6, 6.07) is 17.2. The van der Waals surface area contributed by atoms with Crippen LogP contribution in [-0.4, -0.2) is 32.4 Å². The maximum absolute atomic E-state index is 12.4. The first-order valence-electron chi connectivity index (χ1n) is 8.46. The number of nitrogens with zero attached hydrogens (tertiary/aromatic N) is 1. The third kappa shape index (κ3) is 5.71. The topological polar surface area (TPSA) is 88.2 Å². The van der Waals surface area contributed by atoms with Gasteiger partial charge in [0.05, 0.1) is 6.54 Å². The molecule has 0 saturated carbocycles. The summed E-state index contributed by atoms with van der Waals surface area (Å²) in [4.78, 5) is 16.1. The fourth-order valence-electron chi connectivity index (χ4n) is 2.40. The smallest absolute Gasteiger partial charge is 0.259 e. The van der Waals surface area contributed by atoms with Gasteiger partial charge >= 0.3 is 0 Å². The Kier molecular flexibility index (Phi) is 6.95. The molecule has 1 aromatic heterocycles. The van der Waals surface area contributed by atoms with Crippen molar-refractivity contribution in [3.63, 3.8) is 0 Å². The summed E-state index contributed by atoms with van der Waals surface area (Å²) in [6.07, 6.45) is 0.683. The highest BCUT2D eigenvalue weighted by Crippen LogP contribution is 2.26. The van der Waals surface area contributed by atoms with E-state index >= 15 is 0 Å². The molecule has 0 aliphatic heterocycles. The average Bonchev–Trinajstić information content (AvgIpc) is 3.19. The van der Waals surface area contributed by atoms with Crippen LogP contribution in [0.15, 0.2) is 69.5 Å². The first-order valence-corrected chi connectivity index (χ1v) is 11.6. The van der Waals surface area contributed by atoms with Gasteiger partial charge < -0.3 is 5.32 Å². The van der Waals surface area contributed by atoms with E-state index < -0.39 is 10.0 Å². The van der Waals surface area contributed by atoms with Crippen molar-refractivity contribution in [3.05, 3.63) is 70.0 Å². The van der Waals surface area contributed by atoms with Gasteiger partial charge in [-0.2, -0.15) is 0 Å². The Labute approximate surface area is 176 Å². The summed E-state index contributed by atoms with van der Waals surface area (Å²) in [7, 11) is -3.85. The molecule has 0 spiro atoms. The lowest BCUT2D eigenvalue weighted by atomic mass is 10.1. The molecule has 0 unspecified atom stereocenters. The fourth-order valence-corrected chi connectivity index (χ4v) is 4.74. The lowest BCUT2D eigenvalue weighted by Crippen LogP contribution is -2.37. The summed E-state index contributed by atoms with van der Waals surface area (Å²) < 4.78 is 28.0. The van der Waals surface area contributed by atoms with Crippen molar-refractivity contribution < 1.29 is 13.2 Å². The second-order valence-corrected chi connectivity index (χ2v) is 9.40. The van der Waals surface area contributed by atoms with Crippen LogP contribution in [0.5, 0.6) is 0 Å². The van der Waals surface area contributed by atoms with Crippen LogP contribution in [0.4, 0.5) is 0 Å². The number of rotatable bonds is 8. The first-order chi connectivity index (χ1) is 13.4. The minimum atomic E-state index is -3.85. The normalized spacial score (nSPS) is 11.3. The molecule has 0 aliphatic rings. The Morgan fingerprint density at radius 3 is 2.50 bits per heavy atom. The number of nitrogens with one attached hydrogen (secondary N) is 2. The van der Waals surface area contributed by atoms with Crippen molar-refractivity contribution in [3.8, 4) is 10.6 Å². The van der Waals surface area contributed by atoms with E-state index in [-0.39, 0.29) is 17.5 Å². The molecule has 3 rings (SSSR count). The second-order valence-electron chi connectivity index (χ2n) is 5.91. The van der Waals surface area contributed by atoms with E-state index in [9.17, 15) is 13.2 Å². The van der Waals surface area contributed by atoms with E-state index in [1.807, 2.05) is 54.6 Å². The van der Waals surface area contributed by atoms with Gasteiger partial charge in [0, 0.05) is 22.0 Å². The summed E-state index contributed by atoms with van der Waals surface area (Å²) in [6.45, 7) is 0.108. The molecule has 1 heterocycles. The number of halogens is 1. The number of benzene rings is 2. The van der Waals surface area contributed by atoms with Gasteiger partial charge in [0.25, 0.3) is 10.0 Å². The zero-order valence-electron chi connectivity index (χ0n) is 14.8. The fraction of sp³-hybridized carbons (Fsp3) is 0.158. The van der Waals surface area contributed by atoms with Gasteiger partial charge in [-0.1, -0.05) is 58.4 Å². The van der Waals surface area contributed by atoms with Gasteiger partial charge in [0.2, 0.25) is 5.91 Å². The number of amides is 1. The molecule has 3 aromatic rings. The van der Waals surface area contributed by atoms with Crippen LogP contribution in [0, 0.1) is 0 Å². The van der Waals surface area contributed by atoms with Gasteiger partial charge in [-0.05, 0) is 24.1 Å². The van der Waals surface area contributed by atoms with Gasteiger partial charge in [-0.3, -0.25) is 4.79 Å². The average molecular weight is 480 g/mol. The molecule has 0 saturated heterocycles. The molecule has 0 fully saturated rings. The van der Waals surface area contributed by atoms with E-state index in [0.717, 1.165) is 15.6 Å². The predicted molar refractivity (Wildman–Crippen MR) is 114 cm³/mol. The number of sulfonamides is 1. The predicted octanol–water partition coefficient (Wildman–Crippen LogP) is 3.21. The Hall–Kier alpha value is -2.07. The summed E-state index contributed by atoms with van der Waals surface area (Å²) in [5.74, 6) is -0.386. The molecule has 0 radical (unpaired) electrons. The number of aromatic nitrogens is 1. The van der Waals surface area contributed by atoms with Gasteiger partial charge in [0.15, 0.2) is 5.03 Å². The van der Waals surface area contributed by atoms with Crippen LogP contribution in [0.25, 0.3) is 10.6 Å². The Morgan fingerprint density at radius 1 is 1.07 bits per heavy atom. The third-order valence-corrected chi connectivity index (χ3v) is 6.70. The van der Waals surface area contributed by atoms with E-state index in [1.54, 1.807) is 0 Å². The number of thiazole rings is 1. The highest BCUT2D eigenvalue weighted by molar-refractivity contribution is 9.10. The summed E-state index contributed by atoms with van der Waals surface area (Å²) in [5, 5.41) is 4.68. The van der Waals surface area contributed by atoms with Crippen LogP contribution in [0.2, 0.25) is 0 Å². The molecule has 1 amide bonds. The molecule has 6 nitrogen and oxygen atoms in total. The Morgan fingerprint density at radius 2 is 1.79 bits per heavy atom. The zero-order valence-corrected chi connectivity index (χ0v) is 18.0. The van der Waals surface area contributed by atoms with Crippen LogP contribution in [0.3, 0.4) is 0 Å². The van der Waals surface area contributed by atoms with Gasteiger partial charge in [-0.15, -0.1) is 11.3 Å². The highest BCUT2D eigenvalue weighted by Gasteiger charge is 2.19. The van der Waals surface area contributed by atoms with E-state index in [0.29, 0.717) is 18.0 Å². The number of carbonyl (C=O) groups excluding carboxylic acids is 1.